The Morgan fingerprint density at radius 1 is 1.53 bits per heavy atom. The van der Waals surface area contributed by atoms with E-state index in [0.717, 1.165) is 19.6 Å². The number of amides is 2. The van der Waals surface area contributed by atoms with Gasteiger partial charge in [-0.2, -0.15) is 0 Å². The van der Waals surface area contributed by atoms with Gasteiger partial charge in [0, 0.05) is 39.1 Å². The smallest absolute Gasteiger partial charge is 0.320 e. The third-order valence-electron chi connectivity index (χ3n) is 2.69. The molecule has 2 aliphatic heterocycles. The van der Waals surface area contributed by atoms with E-state index < -0.39 is 0 Å². The third-order valence-corrected chi connectivity index (χ3v) is 2.69. The van der Waals surface area contributed by atoms with Crippen molar-refractivity contribution in [3.05, 3.63) is 12.4 Å². The van der Waals surface area contributed by atoms with Gasteiger partial charge < -0.3 is 15.1 Å². The Balaban J connectivity index is 0.00000112. The molecule has 0 bridgehead atoms. The highest BCUT2D eigenvalue weighted by Gasteiger charge is 2.34. The van der Waals surface area contributed by atoms with Crippen molar-refractivity contribution in [1.29, 1.82) is 0 Å². The fourth-order valence-corrected chi connectivity index (χ4v) is 1.95. The summed E-state index contributed by atoms with van der Waals surface area (Å²) in [6.07, 6.45) is 4.08. The maximum atomic E-state index is 11.5. The van der Waals surface area contributed by atoms with Crippen LogP contribution in [0.5, 0.6) is 0 Å². The summed E-state index contributed by atoms with van der Waals surface area (Å²) < 4.78 is 0. The second kappa shape index (κ2) is 4.61. The molecule has 0 aromatic rings. The minimum Gasteiger partial charge on any atom is -0.342 e. The van der Waals surface area contributed by atoms with Crippen molar-refractivity contribution in [2.75, 3.05) is 26.7 Å². The zero-order valence-electron chi connectivity index (χ0n) is 9.01. The lowest BCUT2D eigenvalue weighted by molar-refractivity contribution is 0.0496. The largest absolute Gasteiger partial charge is 0.342 e. The quantitative estimate of drug-likeness (QED) is 0.752. The molecule has 0 aliphatic carbocycles. The van der Waals surface area contributed by atoms with Crippen molar-refractivity contribution in [3.8, 4) is 0 Å². The fourth-order valence-electron chi connectivity index (χ4n) is 1.95. The van der Waals surface area contributed by atoms with Crippen LogP contribution in [-0.2, 0) is 0 Å². The molecule has 1 saturated heterocycles. The van der Waals surface area contributed by atoms with Crippen LogP contribution in [0.25, 0.3) is 0 Å². The van der Waals surface area contributed by atoms with E-state index in [4.69, 9.17) is 0 Å². The summed E-state index contributed by atoms with van der Waals surface area (Å²) in [5.41, 5.74) is 0. The molecule has 2 aliphatic rings. The SMILES string of the molecule is CCN1C=CN(C)C1N1CCNC1=O.Cl. The minimum absolute atomic E-state index is 0. The molecule has 5 nitrogen and oxygen atoms in total. The molecule has 0 aromatic heterocycles. The van der Waals surface area contributed by atoms with E-state index in [2.05, 4.69) is 22.0 Å². The Hall–Kier alpha value is -1.10. The molecule has 0 saturated carbocycles. The van der Waals surface area contributed by atoms with Gasteiger partial charge in [0.15, 0.2) is 6.29 Å². The van der Waals surface area contributed by atoms with Gasteiger partial charge in [0.05, 0.1) is 0 Å². The van der Waals surface area contributed by atoms with Crippen molar-refractivity contribution >= 4 is 18.4 Å². The van der Waals surface area contributed by atoms with Gasteiger partial charge in [0.2, 0.25) is 0 Å². The fraction of sp³-hybridized carbons (Fsp3) is 0.667. The van der Waals surface area contributed by atoms with Gasteiger partial charge in [-0.05, 0) is 6.92 Å². The summed E-state index contributed by atoms with van der Waals surface area (Å²) in [6, 6.07) is 0.0315. The van der Waals surface area contributed by atoms with Crippen LogP contribution < -0.4 is 5.32 Å². The monoisotopic (exact) mass is 232 g/mol. The molecule has 86 valence electrons. The normalized spacial score (nSPS) is 24.5. The van der Waals surface area contributed by atoms with Gasteiger partial charge in [-0.1, -0.05) is 0 Å². The molecule has 2 heterocycles. The van der Waals surface area contributed by atoms with E-state index in [-0.39, 0.29) is 24.7 Å². The highest BCUT2D eigenvalue weighted by atomic mass is 35.5. The molecule has 0 aromatic carbocycles. The van der Waals surface area contributed by atoms with Crippen molar-refractivity contribution in [3.63, 3.8) is 0 Å². The van der Waals surface area contributed by atoms with Crippen molar-refractivity contribution < 1.29 is 4.79 Å². The molecule has 1 unspecified atom stereocenters. The molecule has 0 spiro atoms. The van der Waals surface area contributed by atoms with E-state index in [1.165, 1.54) is 0 Å². The molecule has 1 fully saturated rings. The number of nitrogens with one attached hydrogen (secondary N) is 1. The minimum atomic E-state index is 0. The van der Waals surface area contributed by atoms with Crippen LogP contribution in [0.4, 0.5) is 4.79 Å². The predicted molar refractivity (Wildman–Crippen MR) is 60.4 cm³/mol. The van der Waals surface area contributed by atoms with Crippen LogP contribution in [0.2, 0.25) is 0 Å². The Morgan fingerprint density at radius 2 is 2.27 bits per heavy atom. The summed E-state index contributed by atoms with van der Waals surface area (Å²) in [6.45, 7) is 4.53. The molecule has 6 heteroatoms. The Morgan fingerprint density at radius 3 is 2.80 bits per heavy atom. The second-order valence-corrected chi connectivity index (χ2v) is 3.57. The van der Waals surface area contributed by atoms with Crippen LogP contribution >= 0.6 is 12.4 Å². The van der Waals surface area contributed by atoms with Crippen LogP contribution in [0.1, 0.15) is 6.92 Å². The first-order valence-electron chi connectivity index (χ1n) is 4.94. The van der Waals surface area contributed by atoms with Gasteiger partial charge >= 0.3 is 6.03 Å². The average molecular weight is 233 g/mol. The number of nitrogens with zero attached hydrogens (tertiary/aromatic N) is 3. The highest BCUT2D eigenvalue weighted by molar-refractivity contribution is 5.85. The molecule has 1 N–H and O–H groups in total. The van der Waals surface area contributed by atoms with E-state index in [0.29, 0.717) is 0 Å². The summed E-state index contributed by atoms with van der Waals surface area (Å²) in [5, 5.41) is 2.82. The van der Waals surface area contributed by atoms with E-state index in [9.17, 15) is 4.79 Å². The van der Waals surface area contributed by atoms with E-state index in [1.54, 1.807) is 0 Å². The van der Waals surface area contributed by atoms with Gasteiger partial charge in [-0.25, -0.2) is 4.79 Å². The molecular weight excluding hydrogens is 216 g/mol. The standard InChI is InChI=1S/C9H16N4O.ClH/c1-3-12-7-6-11(2)9(12)13-5-4-10-8(13)14;/h6-7,9H,3-5H2,1-2H3,(H,10,14);1H. The number of carbonyl (C=O) groups excluding carboxylic acids is 1. The number of carbonyl (C=O) groups is 1. The van der Waals surface area contributed by atoms with Crippen molar-refractivity contribution in [2.45, 2.75) is 13.2 Å². The van der Waals surface area contributed by atoms with Crippen LogP contribution in [0.15, 0.2) is 12.4 Å². The lowest BCUT2D eigenvalue weighted by Crippen LogP contribution is -2.51. The second-order valence-electron chi connectivity index (χ2n) is 3.57. The number of rotatable bonds is 2. The van der Waals surface area contributed by atoms with Gasteiger partial charge in [-0.3, -0.25) is 4.90 Å². The molecular formula is C9H17ClN4O. The number of hydrogen-bond acceptors (Lipinski definition) is 3. The van der Waals surface area contributed by atoms with Gasteiger partial charge in [0.25, 0.3) is 0 Å². The molecule has 2 rings (SSSR count). The maximum absolute atomic E-state index is 11.5. The topological polar surface area (TPSA) is 38.8 Å². The third kappa shape index (κ3) is 1.97. The first-order valence-corrected chi connectivity index (χ1v) is 4.94. The maximum Gasteiger partial charge on any atom is 0.320 e. The average Bonchev–Trinajstić information content (AvgIpc) is 2.72. The zero-order chi connectivity index (χ0) is 10.1. The number of urea groups is 1. The predicted octanol–water partition coefficient (Wildman–Crippen LogP) is 0.455. The van der Waals surface area contributed by atoms with Crippen LogP contribution in [-0.4, -0.2) is 53.7 Å². The highest BCUT2D eigenvalue weighted by Crippen LogP contribution is 2.18. The zero-order valence-corrected chi connectivity index (χ0v) is 9.83. The Kier molecular flexibility index (Phi) is 3.68. The van der Waals surface area contributed by atoms with Crippen molar-refractivity contribution in [1.82, 2.24) is 20.0 Å². The first-order chi connectivity index (χ1) is 6.74. The summed E-state index contributed by atoms with van der Waals surface area (Å²) >= 11 is 0. The lowest BCUT2D eigenvalue weighted by Gasteiger charge is -2.35. The Labute approximate surface area is 96.1 Å². The molecule has 0 radical (unpaired) electrons. The lowest BCUT2D eigenvalue weighted by atomic mass is 10.5. The van der Waals surface area contributed by atoms with Crippen LogP contribution in [0.3, 0.4) is 0 Å². The summed E-state index contributed by atoms with van der Waals surface area (Å²) in [4.78, 5) is 17.5. The number of hydrogen-bond donors (Lipinski definition) is 1. The summed E-state index contributed by atoms with van der Waals surface area (Å²) in [7, 11) is 1.99. The first kappa shape index (κ1) is 12.0. The number of halogens is 1. The summed E-state index contributed by atoms with van der Waals surface area (Å²) in [5.74, 6) is 0. The van der Waals surface area contributed by atoms with Gasteiger partial charge in [0.1, 0.15) is 0 Å². The molecule has 1 atom stereocenters. The van der Waals surface area contributed by atoms with Gasteiger partial charge in [-0.15, -0.1) is 12.4 Å². The Bertz CT molecular complexity index is 271. The van der Waals surface area contributed by atoms with Crippen LogP contribution in [0, 0.1) is 0 Å². The van der Waals surface area contributed by atoms with E-state index in [1.807, 2.05) is 24.3 Å². The van der Waals surface area contributed by atoms with Crippen molar-refractivity contribution in [2.24, 2.45) is 0 Å². The molecule has 15 heavy (non-hydrogen) atoms. The molecule has 2 amide bonds. The van der Waals surface area contributed by atoms with E-state index >= 15 is 0 Å².